The summed E-state index contributed by atoms with van der Waals surface area (Å²) in [5.41, 5.74) is 0.684. The molecular weight excluding hydrogens is 464 g/mol. The second-order valence-electron chi connectivity index (χ2n) is 9.82. The molecule has 35 heavy (non-hydrogen) atoms. The maximum atomic E-state index is 13.9. The fraction of sp³-hybridized carbons (Fsp3) is 0.519. The van der Waals surface area contributed by atoms with Crippen LogP contribution in [0.4, 0.5) is 5.69 Å². The van der Waals surface area contributed by atoms with Crippen LogP contribution in [-0.2, 0) is 19.1 Å². The van der Waals surface area contributed by atoms with Crippen LogP contribution in [0.25, 0.3) is 10.8 Å². The molecule has 3 aliphatic heterocycles. The van der Waals surface area contributed by atoms with Crippen molar-refractivity contribution in [2.75, 3.05) is 25.1 Å². The van der Waals surface area contributed by atoms with E-state index in [0.29, 0.717) is 25.1 Å². The van der Waals surface area contributed by atoms with Gasteiger partial charge in [-0.1, -0.05) is 37.3 Å². The molecule has 6 atom stereocenters. The number of aliphatic hydroxyl groups excluding tert-OH is 1. The van der Waals surface area contributed by atoms with Gasteiger partial charge < -0.3 is 20.1 Å². The summed E-state index contributed by atoms with van der Waals surface area (Å²) in [6, 6.07) is 13.1. The number of nitrogens with zero attached hydrogens (tertiary/aromatic N) is 1. The minimum Gasteiger partial charge on any atom is -0.466 e. The molecule has 3 heterocycles. The number of fused-ring (bicyclic) bond motifs is 2. The molecule has 8 heteroatoms. The molecule has 3 fully saturated rings. The molecule has 186 valence electrons. The Kier molecular flexibility index (Phi) is 6.53. The minimum atomic E-state index is -0.686. The van der Waals surface area contributed by atoms with E-state index in [9.17, 15) is 19.5 Å². The lowest BCUT2D eigenvalue weighted by molar-refractivity contribution is -0.154. The van der Waals surface area contributed by atoms with Crippen LogP contribution in [0.5, 0.6) is 0 Å². The first-order chi connectivity index (χ1) is 16.9. The van der Waals surface area contributed by atoms with E-state index in [1.165, 1.54) is 0 Å². The molecule has 3 saturated heterocycles. The molecule has 1 spiro atoms. The number of esters is 1. The Morgan fingerprint density at radius 3 is 2.71 bits per heavy atom. The number of ether oxygens (including phenoxy) is 1. The summed E-state index contributed by atoms with van der Waals surface area (Å²) in [6.07, 6.45) is 1.92. The third-order valence-corrected chi connectivity index (χ3v) is 9.95. The lowest BCUT2D eigenvalue weighted by Gasteiger charge is -2.38. The summed E-state index contributed by atoms with van der Waals surface area (Å²) < 4.78 is 4.71. The molecule has 0 saturated carbocycles. The monoisotopic (exact) mass is 496 g/mol. The van der Waals surface area contributed by atoms with E-state index in [-0.39, 0.29) is 42.2 Å². The number of likely N-dealkylation sites (tertiary alicyclic amines) is 1. The zero-order valence-electron chi connectivity index (χ0n) is 20.1. The van der Waals surface area contributed by atoms with E-state index in [1.807, 2.05) is 42.5 Å². The number of benzene rings is 2. The number of unbranched alkanes of at least 4 members (excludes halogenated alkanes) is 1. The first-order valence-electron chi connectivity index (χ1n) is 12.5. The average molecular weight is 497 g/mol. The van der Waals surface area contributed by atoms with Gasteiger partial charge in [0.15, 0.2) is 0 Å². The van der Waals surface area contributed by atoms with Crippen molar-refractivity contribution in [3.05, 3.63) is 42.5 Å². The predicted molar refractivity (Wildman–Crippen MR) is 136 cm³/mol. The molecule has 2 aromatic rings. The summed E-state index contributed by atoms with van der Waals surface area (Å²) in [7, 11) is 0. The third kappa shape index (κ3) is 3.82. The van der Waals surface area contributed by atoms with Crippen LogP contribution in [0.15, 0.2) is 42.5 Å². The van der Waals surface area contributed by atoms with Gasteiger partial charge in [-0.15, -0.1) is 11.8 Å². The molecule has 0 aliphatic carbocycles. The van der Waals surface area contributed by atoms with E-state index < -0.39 is 22.6 Å². The van der Waals surface area contributed by atoms with Gasteiger partial charge in [0.05, 0.1) is 23.2 Å². The first-order valence-corrected chi connectivity index (χ1v) is 13.4. The van der Waals surface area contributed by atoms with Crippen molar-refractivity contribution in [1.82, 2.24) is 4.90 Å². The number of hydrogen-bond donors (Lipinski definition) is 2. The Balaban J connectivity index is 1.50. The lowest BCUT2D eigenvalue weighted by Crippen LogP contribution is -2.54. The summed E-state index contributed by atoms with van der Waals surface area (Å²) in [4.78, 5) is 42.4. The normalized spacial score (nSPS) is 31.1. The number of aliphatic hydroxyl groups is 1. The van der Waals surface area contributed by atoms with Crippen molar-refractivity contribution in [3.8, 4) is 0 Å². The highest BCUT2D eigenvalue weighted by Gasteiger charge is 2.76. The van der Waals surface area contributed by atoms with Gasteiger partial charge in [0.1, 0.15) is 6.04 Å². The molecule has 2 bridgehead atoms. The molecule has 3 aliphatic rings. The Morgan fingerprint density at radius 1 is 1.20 bits per heavy atom. The van der Waals surface area contributed by atoms with Gasteiger partial charge >= 0.3 is 5.97 Å². The highest BCUT2D eigenvalue weighted by atomic mass is 32.2. The molecule has 3 unspecified atom stereocenters. The second-order valence-corrected chi connectivity index (χ2v) is 11.4. The van der Waals surface area contributed by atoms with E-state index >= 15 is 0 Å². The van der Waals surface area contributed by atoms with Crippen molar-refractivity contribution in [1.29, 1.82) is 0 Å². The van der Waals surface area contributed by atoms with Crippen LogP contribution in [0.3, 0.4) is 0 Å². The number of hydrogen-bond acceptors (Lipinski definition) is 6. The zero-order valence-corrected chi connectivity index (χ0v) is 20.9. The quantitative estimate of drug-likeness (QED) is 0.429. The molecule has 0 radical (unpaired) electrons. The molecule has 2 amide bonds. The number of anilines is 1. The van der Waals surface area contributed by atoms with Gasteiger partial charge in [0, 0.05) is 24.1 Å². The van der Waals surface area contributed by atoms with Crippen molar-refractivity contribution < 1.29 is 24.2 Å². The van der Waals surface area contributed by atoms with Crippen LogP contribution >= 0.6 is 11.8 Å². The molecule has 7 nitrogen and oxygen atoms in total. The van der Waals surface area contributed by atoms with Crippen molar-refractivity contribution >= 4 is 46.0 Å². The number of carbonyl (C=O) groups excluding carboxylic acids is 3. The summed E-state index contributed by atoms with van der Waals surface area (Å²) in [5, 5.41) is 14.5. The van der Waals surface area contributed by atoms with Crippen LogP contribution in [0.1, 0.15) is 33.1 Å². The number of thioether (sulfide) groups is 1. The topological polar surface area (TPSA) is 95.9 Å². The summed E-state index contributed by atoms with van der Waals surface area (Å²) in [6.45, 7) is 4.54. The molecule has 5 rings (SSSR count). The van der Waals surface area contributed by atoms with Gasteiger partial charge in [0.2, 0.25) is 11.8 Å². The smallest absolute Gasteiger partial charge is 0.310 e. The maximum Gasteiger partial charge on any atom is 0.310 e. The maximum absolute atomic E-state index is 13.9. The Morgan fingerprint density at radius 2 is 1.97 bits per heavy atom. The van der Waals surface area contributed by atoms with Gasteiger partial charge in [0.25, 0.3) is 0 Å². The van der Waals surface area contributed by atoms with Crippen LogP contribution < -0.4 is 5.32 Å². The van der Waals surface area contributed by atoms with Gasteiger partial charge in [-0.2, -0.15) is 0 Å². The highest BCUT2D eigenvalue weighted by molar-refractivity contribution is 8.02. The molecule has 0 aromatic heterocycles. The van der Waals surface area contributed by atoms with Crippen molar-refractivity contribution in [2.45, 2.75) is 49.1 Å². The van der Waals surface area contributed by atoms with Crippen molar-refractivity contribution in [3.63, 3.8) is 0 Å². The zero-order chi connectivity index (χ0) is 24.7. The fourth-order valence-corrected chi connectivity index (χ4v) is 8.85. The summed E-state index contributed by atoms with van der Waals surface area (Å²) in [5.74, 6) is -1.68. The third-order valence-electron chi connectivity index (χ3n) is 7.88. The minimum absolute atomic E-state index is 0.0199. The SMILES string of the molecule is CCOC(=O)[C@@H]1[C@@H]2CC(C)C3(S2)C(C(=O)Nc2ccc4ccccc4c2)N(CCCCO)C(=O)[C@H]13. The van der Waals surface area contributed by atoms with E-state index in [2.05, 4.69) is 12.2 Å². The van der Waals surface area contributed by atoms with Crippen LogP contribution in [0, 0.1) is 17.8 Å². The Labute approximate surface area is 209 Å². The molecule has 2 N–H and O–H groups in total. The molecule has 2 aromatic carbocycles. The fourth-order valence-electron chi connectivity index (χ4n) is 6.44. The van der Waals surface area contributed by atoms with Gasteiger partial charge in [-0.25, -0.2) is 0 Å². The van der Waals surface area contributed by atoms with Gasteiger partial charge in [-0.3, -0.25) is 14.4 Å². The molecular formula is C27H32N2O5S. The van der Waals surface area contributed by atoms with Crippen LogP contribution in [-0.4, -0.2) is 63.6 Å². The first kappa shape index (κ1) is 24.1. The van der Waals surface area contributed by atoms with Crippen molar-refractivity contribution in [2.24, 2.45) is 17.8 Å². The summed E-state index contributed by atoms with van der Waals surface area (Å²) >= 11 is 1.64. The lowest BCUT2D eigenvalue weighted by atomic mass is 9.66. The average Bonchev–Trinajstić information content (AvgIpc) is 3.43. The largest absolute Gasteiger partial charge is 0.466 e. The number of rotatable bonds is 8. The van der Waals surface area contributed by atoms with E-state index in [0.717, 1.165) is 17.2 Å². The number of carbonyl (C=O) groups is 3. The Bertz CT molecular complexity index is 1160. The van der Waals surface area contributed by atoms with E-state index in [1.54, 1.807) is 23.6 Å². The number of nitrogens with one attached hydrogen (secondary N) is 1. The highest BCUT2D eigenvalue weighted by Crippen LogP contribution is 2.68. The van der Waals surface area contributed by atoms with E-state index in [4.69, 9.17) is 4.74 Å². The Hall–Kier alpha value is -2.58. The van der Waals surface area contributed by atoms with Gasteiger partial charge in [-0.05, 0) is 55.0 Å². The second kappa shape index (κ2) is 9.47. The standard InChI is InChI=1S/C27H32N2O5S/c1-3-34-26(33)21-20-14-16(2)27(35-20)22(21)25(32)29(12-6-7-13-30)23(27)24(31)28-19-11-10-17-8-4-5-9-18(17)15-19/h4-5,8-11,15-16,20-23,30H,3,6-7,12-14H2,1-2H3,(H,28,31)/t16?,20-,21+,22-,23?,27?/m0/s1. The number of amides is 2. The predicted octanol–water partition coefficient (Wildman–Crippen LogP) is 3.45. The van der Waals surface area contributed by atoms with Crippen LogP contribution in [0.2, 0.25) is 0 Å².